The van der Waals surface area contributed by atoms with Crippen molar-refractivity contribution in [2.24, 2.45) is 0 Å². The average Bonchev–Trinajstić information content (AvgIpc) is 2.46. The predicted molar refractivity (Wildman–Crippen MR) is 78.3 cm³/mol. The topological polar surface area (TPSA) is 67.4 Å². The Morgan fingerprint density at radius 3 is 2.60 bits per heavy atom. The van der Waals surface area contributed by atoms with Crippen molar-refractivity contribution in [2.45, 2.75) is 6.04 Å². The lowest BCUT2D eigenvalue weighted by molar-refractivity contribution is -0.136. The minimum atomic E-state index is -0.585. The summed E-state index contributed by atoms with van der Waals surface area (Å²) in [4.78, 5) is 23.6. The van der Waals surface area contributed by atoms with Gasteiger partial charge in [0, 0.05) is 10.2 Å². The largest absolute Gasteiger partial charge is 0.466 e. The SMILES string of the molecule is COC(=O)C1=C(CCl)NC(=O)NC1c1ccc(Br)cc1. The molecule has 106 valence electrons. The van der Waals surface area contributed by atoms with Crippen molar-refractivity contribution < 1.29 is 14.3 Å². The van der Waals surface area contributed by atoms with Crippen molar-refractivity contribution in [2.75, 3.05) is 13.0 Å². The van der Waals surface area contributed by atoms with E-state index in [0.717, 1.165) is 10.0 Å². The molecule has 1 aliphatic heterocycles. The van der Waals surface area contributed by atoms with Gasteiger partial charge in [0.15, 0.2) is 0 Å². The van der Waals surface area contributed by atoms with E-state index < -0.39 is 18.0 Å². The third kappa shape index (κ3) is 2.96. The van der Waals surface area contributed by atoms with E-state index >= 15 is 0 Å². The molecule has 0 bridgehead atoms. The van der Waals surface area contributed by atoms with Gasteiger partial charge >= 0.3 is 12.0 Å². The summed E-state index contributed by atoms with van der Waals surface area (Å²) in [6.45, 7) is 0. The van der Waals surface area contributed by atoms with Crippen LogP contribution in [0.5, 0.6) is 0 Å². The molecule has 0 aliphatic carbocycles. The highest BCUT2D eigenvalue weighted by Gasteiger charge is 2.32. The molecule has 1 aliphatic rings. The highest BCUT2D eigenvalue weighted by Crippen LogP contribution is 2.28. The number of rotatable bonds is 3. The molecule has 2 rings (SSSR count). The Kier molecular flexibility index (Phi) is 4.67. The molecule has 2 N–H and O–H groups in total. The van der Waals surface area contributed by atoms with Gasteiger partial charge in [0.05, 0.1) is 24.6 Å². The van der Waals surface area contributed by atoms with E-state index in [1.165, 1.54) is 7.11 Å². The lowest BCUT2D eigenvalue weighted by Crippen LogP contribution is -2.46. The molecule has 2 amide bonds. The minimum Gasteiger partial charge on any atom is -0.466 e. The number of hydrogen-bond acceptors (Lipinski definition) is 3. The van der Waals surface area contributed by atoms with Gasteiger partial charge in [0.2, 0.25) is 0 Å². The molecule has 20 heavy (non-hydrogen) atoms. The maximum Gasteiger partial charge on any atom is 0.338 e. The second-order valence-electron chi connectivity index (χ2n) is 4.10. The maximum atomic E-state index is 12.0. The highest BCUT2D eigenvalue weighted by atomic mass is 79.9. The first kappa shape index (κ1) is 14.9. The van der Waals surface area contributed by atoms with Crippen LogP contribution < -0.4 is 10.6 Å². The number of allylic oxidation sites excluding steroid dienone is 1. The zero-order chi connectivity index (χ0) is 14.7. The van der Waals surface area contributed by atoms with Crippen LogP contribution in [0, 0.1) is 0 Å². The number of alkyl halides is 1. The standard InChI is InChI=1S/C13H12BrClN2O3/c1-20-12(18)10-9(6-15)16-13(19)17-11(10)7-2-4-8(14)5-3-7/h2-5,11H,6H2,1H3,(H2,16,17,19). The van der Waals surface area contributed by atoms with E-state index in [1.807, 2.05) is 24.3 Å². The number of amides is 2. The monoisotopic (exact) mass is 358 g/mol. The maximum absolute atomic E-state index is 12.0. The molecule has 0 saturated heterocycles. The number of carbonyl (C=O) groups is 2. The third-order valence-corrected chi connectivity index (χ3v) is 3.69. The summed E-state index contributed by atoms with van der Waals surface area (Å²) in [6.07, 6.45) is 0. The second kappa shape index (κ2) is 6.28. The molecule has 0 aromatic heterocycles. The van der Waals surface area contributed by atoms with Crippen molar-refractivity contribution in [3.8, 4) is 0 Å². The Balaban J connectivity index is 2.49. The Hall–Kier alpha value is -1.53. The molecule has 1 aromatic rings. The summed E-state index contributed by atoms with van der Waals surface area (Å²) in [7, 11) is 1.29. The van der Waals surface area contributed by atoms with Crippen LogP contribution >= 0.6 is 27.5 Å². The molecule has 0 radical (unpaired) electrons. The number of benzene rings is 1. The zero-order valence-electron chi connectivity index (χ0n) is 10.6. The van der Waals surface area contributed by atoms with Gasteiger partial charge in [-0.3, -0.25) is 0 Å². The van der Waals surface area contributed by atoms with Gasteiger partial charge in [-0.05, 0) is 17.7 Å². The van der Waals surface area contributed by atoms with Gasteiger partial charge in [-0.25, -0.2) is 9.59 Å². The molecule has 7 heteroatoms. The quantitative estimate of drug-likeness (QED) is 0.643. The molecule has 0 fully saturated rings. The van der Waals surface area contributed by atoms with Crippen LogP contribution in [0.4, 0.5) is 4.79 Å². The van der Waals surface area contributed by atoms with Crippen LogP contribution in [0.3, 0.4) is 0 Å². The van der Waals surface area contributed by atoms with Crippen molar-refractivity contribution >= 4 is 39.5 Å². The molecular weight excluding hydrogens is 348 g/mol. The Labute approximate surface area is 129 Å². The van der Waals surface area contributed by atoms with Crippen LogP contribution in [0.2, 0.25) is 0 Å². The second-order valence-corrected chi connectivity index (χ2v) is 5.28. The van der Waals surface area contributed by atoms with E-state index in [2.05, 4.69) is 26.6 Å². The summed E-state index contributed by atoms with van der Waals surface area (Å²) in [5.41, 5.74) is 1.44. The average molecular weight is 360 g/mol. The number of carbonyl (C=O) groups excluding carboxylic acids is 2. The molecule has 1 heterocycles. The summed E-state index contributed by atoms with van der Waals surface area (Å²) >= 11 is 9.14. The molecule has 5 nitrogen and oxygen atoms in total. The van der Waals surface area contributed by atoms with Crippen LogP contribution in [-0.4, -0.2) is 25.0 Å². The van der Waals surface area contributed by atoms with Gasteiger partial charge in [-0.2, -0.15) is 0 Å². The van der Waals surface area contributed by atoms with Crippen LogP contribution in [0.1, 0.15) is 11.6 Å². The number of methoxy groups -OCH3 is 1. The molecule has 1 aromatic carbocycles. The van der Waals surface area contributed by atoms with Gasteiger partial charge in [0.25, 0.3) is 0 Å². The number of halogens is 2. The van der Waals surface area contributed by atoms with Crippen LogP contribution in [-0.2, 0) is 9.53 Å². The Morgan fingerprint density at radius 2 is 2.05 bits per heavy atom. The lowest BCUT2D eigenvalue weighted by Gasteiger charge is -2.28. The van der Waals surface area contributed by atoms with Gasteiger partial charge in [-0.1, -0.05) is 28.1 Å². The van der Waals surface area contributed by atoms with E-state index in [4.69, 9.17) is 16.3 Å². The first-order valence-electron chi connectivity index (χ1n) is 5.77. The van der Waals surface area contributed by atoms with Crippen molar-refractivity contribution in [3.05, 3.63) is 45.6 Å². The summed E-state index contributed by atoms with van der Waals surface area (Å²) in [6, 6.07) is 6.31. The molecular formula is C13H12BrClN2O3. The molecule has 0 spiro atoms. The summed E-state index contributed by atoms with van der Waals surface area (Å²) < 4.78 is 5.68. The third-order valence-electron chi connectivity index (χ3n) is 2.90. The predicted octanol–water partition coefficient (Wildman–Crippen LogP) is 2.47. The lowest BCUT2D eigenvalue weighted by atomic mass is 9.96. The fourth-order valence-corrected chi connectivity index (χ4v) is 2.45. The van der Waals surface area contributed by atoms with E-state index in [0.29, 0.717) is 11.3 Å². The first-order chi connectivity index (χ1) is 9.56. The van der Waals surface area contributed by atoms with Crippen molar-refractivity contribution in [1.29, 1.82) is 0 Å². The minimum absolute atomic E-state index is 0.0187. The fourth-order valence-electron chi connectivity index (χ4n) is 1.98. The Bertz CT molecular complexity index is 571. The number of hydrogen-bond donors (Lipinski definition) is 2. The summed E-state index contributed by atoms with van der Waals surface area (Å²) in [5, 5.41) is 5.23. The molecule has 0 saturated carbocycles. The van der Waals surface area contributed by atoms with E-state index in [9.17, 15) is 9.59 Å². The van der Waals surface area contributed by atoms with E-state index in [-0.39, 0.29) is 5.88 Å². The number of ether oxygens (including phenoxy) is 1. The Morgan fingerprint density at radius 1 is 1.40 bits per heavy atom. The number of nitrogens with one attached hydrogen (secondary N) is 2. The zero-order valence-corrected chi connectivity index (χ0v) is 12.9. The van der Waals surface area contributed by atoms with Crippen LogP contribution in [0.25, 0.3) is 0 Å². The molecule has 1 unspecified atom stereocenters. The van der Waals surface area contributed by atoms with Crippen LogP contribution in [0.15, 0.2) is 40.0 Å². The van der Waals surface area contributed by atoms with Gasteiger partial charge < -0.3 is 15.4 Å². The van der Waals surface area contributed by atoms with E-state index in [1.54, 1.807) is 0 Å². The van der Waals surface area contributed by atoms with Gasteiger partial charge in [0.1, 0.15) is 0 Å². The fraction of sp³-hybridized carbons (Fsp3) is 0.231. The normalized spacial score (nSPS) is 18.4. The number of esters is 1. The number of urea groups is 1. The smallest absolute Gasteiger partial charge is 0.338 e. The van der Waals surface area contributed by atoms with Crippen molar-refractivity contribution in [1.82, 2.24) is 10.6 Å². The van der Waals surface area contributed by atoms with Gasteiger partial charge in [-0.15, -0.1) is 11.6 Å². The first-order valence-corrected chi connectivity index (χ1v) is 7.10. The highest BCUT2D eigenvalue weighted by molar-refractivity contribution is 9.10. The summed E-state index contributed by atoms with van der Waals surface area (Å²) in [5.74, 6) is -0.508. The van der Waals surface area contributed by atoms with Crippen molar-refractivity contribution in [3.63, 3.8) is 0 Å². The molecule has 1 atom stereocenters.